The highest BCUT2D eigenvalue weighted by atomic mass is 79.9. The Morgan fingerprint density at radius 1 is 1.00 bits per heavy atom. The molecule has 1 nitrogen and oxygen atoms in total. The van der Waals surface area contributed by atoms with Crippen LogP contribution in [0.2, 0.25) is 5.02 Å². The highest BCUT2D eigenvalue weighted by Crippen LogP contribution is 2.35. The molecule has 0 radical (unpaired) electrons. The highest BCUT2D eigenvalue weighted by molar-refractivity contribution is 9.10. The van der Waals surface area contributed by atoms with Gasteiger partial charge in [0, 0.05) is 21.6 Å². The van der Waals surface area contributed by atoms with Crippen LogP contribution in [0.25, 0.3) is 6.08 Å². The van der Waals surface area contributed by atoms with Crippen LogP contribution in [0.4, 0.5) is 5.69 Å². The number of rotatable bonds is 1. The molecule has 0 bridgehead atoms. The molecular formula is C17H11BrClN. The predicted molar refractivity (Wildman–Crippen MR) is 88.1 cm³/mol. The molecule has 0 saturated heterocycles. The topological polar surface area (TPSA) is 12.4 Å². The van der Waals surface area contributed by atoms with Gasteiger partial charge in [-0.3, -0.25) is 4.99 Å². The Bertz CT molecular complexity index is 790. The number of allylic oxidation sites excluding steroid dienone is 1. The van der Waals surface area contributed by atoms with E-state index < -0.39 is 0 Å². The van der Waals surface area contributed by atoms with Gasteiger partial charge in [0.15, 0.2) is 0 Å². The fourth-order valence-corrected chi connectivity index (χ4v) is 3.41. The van der Waals surface area contributed by atoms with Gasteiger partial charge in [0.25, 0.3) is 0 Å². The monoisotopic (exact) mass is 343 g/mol. The van der Waals surface area contributed by atoms with Crippen LogP contribution in [0.15, 0.2) is 51.4 Å². The summed E-state index contributed by atoms with van der Waals surface area (Å²) in [6.07, 6.45) is 4.14. The first-order valence-electron chi connectivity index (χ1n) is 6.54. The molecule has 20 heavy (non-hydrogen) atoms. The van der Waals surface area contributed by atoms with E-state index >= 15 is 0 Å². The van der Waals surface area contributed by atoms with Crippen LogP contribution in [0.5, 0.6) is 0 Å². The van der Waals surface area contributed by atoms with Crippen LogP contribution < -0.4 is 0 Å². The van der Waals surface area contributed by atoms with Gasteiger partial charge in [-0.25, -0.2) is 0 Å². The Hall–Kier alpha value is -1.38. The quantitative estimate of drug-likeness (QED) is 0.659. The molecule has 2 aromatic carbocycles. The summed E-state index contributed by atoms with van der Waals surface area (Å²) in [5, 5.41) is 0.751. The van der Waals surface area contributed by atoms with Crippen LogP contribution in [0.1, 0.15) is 16.7 Å². The van der Waals surface area contributed by atoms with E-state index in [1.165, 1.54) is 28.0 Å². The minimum absolute atomic E-state index is 0.751. The third kappa shape index (κ3) is 2.04. The minimum atomic E-state index is 0.751. The van der Waals surface area contributed by atoms with Crippen molar-refractivity contribution < 1.29 is 0 Å². The van der Waals surface area contributed by atoms with Gasteiger partial charge in [-0.05, 0) is 59.0 Å². The summed E-state index contributed by atoms with van der Waals surface area (Å²) in [5.74, 6) is 0. The summed E-state index contributed by atoms with van der Waals surface area (Å²) in [4.78, 5) is 4.75. The molecule has 1 aliphatic carbocycles. The van der Waals surface area contributed by atoms with Crippen LogP contribution in [0.3, 0.4) is 0 Å². The number of fused-ring (bicyclic) bond motifs is 2. The molecule has 0 aromatic heterocycles. The molecule has 1 aliphatic heterocycles. The van der Waals surface area contributed by atoms with Gasteiger partial charge in [0.2, 0.25) is 0 Å². The summed E-state index contributed by atoms with van der Waals surface area (Å²) >= 11 is 9.56. The van der Waals surface area contributed by atoms with E-state index in [1.807, 2.05) is 12.1 Å². The van der Waals surface area contributed by atoms with Crippen molar-refractivity contribution in [3.63, 3.8) is 0 Å². The number of nitrogens with zero attached hydrogens (tertiary/aromatic N) is 1. The lowest BCUT2D eigenvalue weighted by Gasteiger charge is -2.01. The van der Waals surface area contributed by atoms with Crippen LogP contribution in [-0.2, 0) is 12.8 Å². The number of aliphatic imine (C=N–C) groups is 1. The predicted octanol–water partition coefficient (Wildman–Crippen LogP) is 5.37. The zero-order chi connectivity index (χ0) is 13.7. The standard InChI is InChI=1S/C17H11BrClN/c18-14-3-1-10-5-13(6-12(10)7-14)16-8-11-2-4-15(19)9-17(11)20-16/h1-5,7,9H,6,8H2. The van der Waals surface area contributed by atoms with Gasteiger partial charge < -0.3 is 0 Å². The summed E-state index contributed by atoms with van der Waals surface area (Å²) in [7, 11) is 0. The van der Waals surface area contributed by atoms with Crippen molar-refractivity contribution in [3.05, 3.63) is 68.2 Å². The average Bonchev–Trinajstić information content (AvgIpc) is 3.00. The van der Waals surface area contributed by atoms with Crippen molar-refractivity contribution in [1.82, 2.24) is 0 Å². The maximum atomic E-state index is 6.03. The van der Waals surface area contributed by atoms with Gasteiger partial charge in [0.05, 0.1) is 5.69 Å². The van der Waals surface area contributed by atoms with Gasteiger partial charge in [-0.1, -0.05) is 39.7 Å². The Morgan fingerprint density at radius 2 is 1.90 bits per heavy atom. The molecule has 0 atom stereocenters. The van der Waals surface area contributed by atoms with Gasteiger partial charge in [-0.2, -0.15) is 0 Å². The largest absolute Gasteiger partial charge is 0.252 e. The Morgan fingerprint density at radius 3 is 2.80 bits per heavy atom. The molecule has 2 aliphatic rings. The highest BCUT2D eigenvalue weighted by Gasteiger charge is 2.22. The van der Waals surface area contributed by atoms with E-state index in [0.717, 1.165) is 28.0 Å². The Kier molecular flexibility index (Phi) is 2.83. The number of benzene rings is 2. The van der Waals surface area contributed by atoms with E-state index in [2.05, 4.69) is 46.3 Å². The van der Waals surface area contributed by atoms with E-state index in [0.29, 0.717) is 0 Å². The second-order valence-corrected chi connectivity index (χ2v) is 6.55. The van der Waals surface area contributed by atoms with Crippen molar-refractivity contribution in [1.29, 1.82) is 0 Å². The second kappa shape index (κ2) is 4.57. The molecule has 0 fully saturated rings. The van der Waals surface area contributed by atoms with Gasteiger partial charge in [-0.15, -0.1) is 0 Å². The van der Waals surface area contributed by atoms with Crippen LogP contribution in [0, 0.1) is 0 Å². The lowest BCUT2D eigenvalue weighted by Crippen LogP contribution is -2.02. The molecule has 1 heterocycles. The normalized spacial score (nSPS) is 15.7. The molecule has 3 heteroatoms. The Labute approximate surface area is 131 Å². The number of halogens is 2. The smallest absolute Gasteiger partial charge is 0.0683 e. The van der Waals surface area contributed by atoms with Crippen LogP contribution in [-0.4, -0.2) is 5.71 Å². The lowest BCUT2D eigenvalue weighted by atomic mass is 10.0. The fourth-order valence-electron chi connectivity index (χ4n) is 2.84. The van der Waals surface area contributed by atoms with Gasteiger partial charge in [0.1, 0.15) is 0 Å². The molecule has 0 amide bonds. The third-order valence-corrected chi connectivity index (χ3v) is 4.58. The van der Waals surface area contributed by atoms with E-state index in [9.17, 15) is 0 Å². The Balaban J connectivity index is 1.68. The summed E-state index contributed by atoms with van der Waals surface area (Å²) in [6.45, 7) is 0. The lowest BCUT2D eigenvalue weighted by molar-refractivity contribution is 1.24. The molecule has 0 saturated carbocycles. The first-order chi connectivity index (χ1) is 9.69. The molecule has 98 valence electrons. The van der Waals surface area contributed by atoms with Crippen molar-refractivity contribution >= 4 is 45.0 Å². The second-order valence-electron chi connectivity index (χ2n) is 5.20. The van der Waals surface area contributed by atoms with Crippen LogP contribution >= 0.6 is 27.5 Å². The number of hydrogen-bond acceptors (Lipinski definition) is 1. The van der Waals surface area contributed by atoms with Crippen molar-refractivity contribution in [2.24, 2.45) is 4.99 Å². The molecule has 0 spiro atoms. The minimum Gasteiger partial charge on any atom is -0.252 e. The zero-order valence-electron chi connectivity index (χ0n) is 10.7. The van der Waals surface area contributed by atoms with E-state index in [4.69, 9.17) is 16.6 Å². The summed E-state index contributed by atoms with van der Waals surface area (Å²) < 4.78 is 1.13. The summed E-state index contributed by atoms with van der Waals surface area (Å²) in [5.41, 5.74) is 7.46. The third-order valence-electron chi connectivity index (χ3n) is 3.85. The zero-order valence-corrected chi connectivity index (χ0v) is 13.0. The molecule has 0 N–H and O–H groups in total. The molecule has 2 aromatic rings. The first-order valence-corrected chi connectivity index (χ1v) is 7.71. The van der Waals surface area contributed by atoms with Crippen molar-refractivity contribution in [3.8, 4) is 0 Å². The van der Waals surface area contributed by atoms with E-state index in [-0.39, 0.29) is 0 Å². The number of hydrogen-bond donors (Lipinski definition) is 0. The van der Waals surface area contributed by atoms with Gasteiger partial charge >= 0.3 is 0 Å². The van der Waals surface area contributed by atoms with Crippen molar-refractivity contribution in [2.75, 3.05) is 0 Å². The maximum Gasteiger partial charge on any atom is 0.0683 e. The molecule has 0 unspecified atom stereocenters. The SMILES string of the molecule is Clc1ccc2c(c1)N=C(C1=Cc3ccc(Br)cc3C1)C2. The maximum absolute atomic E-state index is 6.03. The summed E-state index contributed by atoms with van der Waals surface area (Å²) in [6, 6.07) is 12.4. The first kappa shape index (κ1) is 12.4. The van der Waals surface area contributed by atoms with E-state index in [1.54, 1.807) is 0 Å². The van der Waals surface area contributed by atoms with Crippen molar-refractivity contribution in [2.45, 2.75) is 12.8 Å². The fraction of sp³-hybridized carbons (Fsp3) is 0.118. The average molecular weight is 345 g/mol. The molecule has 4 rings (SSSR count). The molecular weight excluding hydrogens is 334 g/mol.